The van der Waals surface area contributed by atoms with E-state index in [4.69, 9.17) is 0 Å². The minimum atomic E-state index is -3.19. The van der Waals surface area contributed by atoms with Crippen LogP contribution in [0, 0.1) is 50.2 Å². The molecule has 0 N–H and O–H groups in total. The molecule has 16 heteroatoms. The van der Waals surface area contributed by atoms with Crippen molar-refractivity contribution in [3.8, 4) is 0 Å². The Bertz CT molecular complexity index is 3020. The molecule has 4 aromatic rings. The minimum absolute atomic E-state index is 0.00699. The summed E-state index contributed by atoms with van der Waals surface area (Å²) in [4.78, 5) is 132. The smallest absolute Gasteiger partial charge is 0.186 e. The van der Waals surface area contributed by atoms with Crippen LogP contribution in [0.2, 0.25) is 0 Å². The Labute approximate surface area is 521 Å². The summed E-state index contributed by atoms with van der Waals surface area (Å²) in [7, 11) is -3.19. The maximum atomic E-state index is 11.9. The first-order valence-corrected chi connectivity index (χ1v) is 30.9. The molecule has 0 saturated heterocycles. The Kier molecular flexibility index (Phi) is 34.1. The summed E-state index contributed by atoms with van der Waals surface area (Å²) < 4.78 is 22.5. The van der Waals surface area contributed by atoms with Gasteiger partial charge in [-0.2, -0.15) is 0 Å². The Morgan fingerprint density at radius 3 is 0.885 bits per heavy atom. The van der Waals surface area contributed by atoms with Gasteiger partial charge in [0.15, 0.2) is 50.3 Å². The number of carbonyl (C=O) groups is 11. The Morgan fingerprint density at radius 2 is 0.667 bits per heavy atom. The summed E-state index contributed by atoms with van der Waals surface area (Å²) in [5, 5.41) is 0. The van der Waals surface area contributed by atoms with E-state index in [1.54, 1.807) is 74.5 Å². The Hall–Kier alpha value is -6.94. The van der Waals surface area contributed by atoms with Crippen LogP contribution >= 0.6 is 0 Å². The predicted molar refractivity (Wildman–Crippen MR) is 349 cm³/mol. The molecule has 0 aliphatic rings. The maximum Gasteiger partial charge on any atom is 0.186 e. The number of ketones is 11. The van der Waals surface area contributed by atoms with E-state index in [0.717, 1.165) is 6.26 Å². The second-order valence-electron chi connectivity index (χ2n) is 28.2. The number of aromatic nitrogens is 2. The lowest BCUT2D eigenvalue weighted by Crippen LogP contribution is -2.30. The van der Waals surface area contributed by atoms with Crippen LogP contribution in [-0.2, 0) is 29.0 Å². The van der Waals surface area contributed by atoms with Crippen molar-refractivity contribution in [2.24, 2.45) is 50.2 Å². The Balaban J connectivity index is -0.000000960. The number of benzene rings is 2. The van der Waals surface area contributed by atoms with E-state index in [-0.39, 0.29) is 90.8 Å². The molecule has 0 fully saturated rings. The summed E-state index contributed by atoms with van der Waals surface area (Å²) >= 11 is 0. The summed E-state index contributed by atoms with van der Waals surface area (Å²) in [6.45, 7) is 50.5. The van der Waals surface area contributed by atoms with Gasteiger partial charge in [-0.3, -0.25) is 62.7 Å². The average Bonchev–Trinajstić information content (AvgIpc) is 2.69. The molecule has 1 unspecified atom stereocenters. The van der Waals surface area contributed by atoms with E-state index in [1.165, 1.54) is 52.2 Å². The molecule has 4 rings (SSSR count). The number of sulfone groups is 1. The van der Waals surface area contributed by atoms with Crippen molar-refractivity contribution in [3.63, 3.8) is 0 Å². The molecule has 0 amide bonds. The van der Waals surface area contributed by atoms with Crippen molar-refractivity contribution in [3.05, 3.63) is 124 Å². The third-order valence-corrected chi connectivity index (χ3v) is 13.7. The van der Waals surface area contributed by atoms with Crippen molar-refractivity contribution >= 4 is 73.5 Å². The maximum absolute atomic E-state index is 11.9. The van der Waals surface area contributed by atoms with Gasteiger partial charge in [-0.1, -0.05) is 189 Å². The molecule has 482 valence electrons. The molecule has 0 bridgehead atoms. The van der Waals surface area contributed by atoms with Crippen LogP contribution in [0.1, 0.15) is 267 Å². The molecule has 0 aliphatic heterocycles. The highest BCUT2D eigenvalue weighted by Gasteiger charge is 2.29. The zero-order valence-electron chi connectivity index (χ0n) is 57.9. The number of carbonyl (C=O) groups excluding carboxylic acids is 11. The molecular weight excluding hydrogens is 1120 g/mol. The zero-order valence-corrected chi connectivity index (χ0v) is 58.7. The molecule has 87 heavy (non-hydrogen) atoms. The van der Waals surface area contributed by atoms with Crippen molar-refractivity contribution < 1.29 is 61.2 Å². The molecule has 15 nitrogen and oxygen atoms in total. The van der Waals surface area contributed by atoms with Gasteiger partial charge >= 0.3 is 0 Å². The molecule has 2 heterocycles. The second-order valence-corrected chi connectivity index (χ2v) is 30.2. The highest BCUT2D eigenvalue weighted by atomic mass is 32.2. The van der Waals surface area contributed by atoms with Gasteiger partial charge in [0.05, 0.1) is 10.8 Å². The normalized spacial score (nSPS) is 11.8. The minimum Gasteiger partial charge on any atom is -0.299 e. The standard InChI is InChI=1S/C13H16O2.C12H15NO2.C12H16O3S.C11H13NO2.C9H16O2.C8H16O.C6H12O/c1-9(14)10-5-7-11(8-6-10)12(15)13(2,3)4;1-8(14)9-5-6-10(13-7-9)11(15)12(2,3)4;1-12(2,3)11(13)9-5-7-10(8-6-9)16(4,14)15;1-7(2)11(14)9-4-5-10(8(3)13)12-6-9;1-6(7(2)10)8(11)9(3,4)5;1-6(2)7(9)8(3,4)5;1-5(7)6(2,3)4/h5-8H,1-4H3;5-7H,1-4H3;5-8H,1-4H3;4-7H,1-3H3;6H,1-5H3;6H,1-5H3;1-4H3. The fourth-order valence-electron chi connectivity index (χ4n) is 6.48. The van der Waals surface area contributed by atoms with E-state index in [2.05, 4.69) is 9.97 Å². The molecule has 0 radical (unpaired) electrons. The van der Waals surface area contributed by atoms with Crippen LogP contribution in [0.25, 0.3) is 0 Å². The number of nitrogens with zero attached hydrogens (tertiary/aromatic N) is 2. The van der Waals surface area contributed by atoms with E-state index < -0.39 is 32.0 Å². The molecule has 1 atom stereocenters. The predicted octanol–water partition coefficient (Wildman–Crippen LogP) is 15.8. The number of hydrogen-bond acceptors (Lipinski definition) is 15. The van der Waals surface area contributed by atoms with Gasteiger partial charge < -0.3 is 0 Å². The van der Waals surface area contributed by atoms with Gasteiger partial charge in [0.2, 0.25) is 0 Å². The van der Waals surface area contributed by atoms with Crippen LogP contribution in [0.4, 0.5) is 0 Å². The summed E-state index contributed by atoms with van der Waals surface area (Å²) in [6.07, 6.45) is 4.05. The third kappa shape index (κ3) is 33.1. The lowest BCUT2D eigenvalue weighted by atomic mass is 9.82. The third-order valence-electron chi connectivity index (χ3n) is 12.5. The molecule has 0 saturated carbocycles. The average molecular weight is 1230 g/mol. The van der Waals surface area contributed by atoms with Crippen molar-refractivity contribution in [1.29, 1.82) is 0 Å². The molecule has 2 aromatic carbocycles. The van der Waals surface area contributed by atoms with Crippen LogP contribution in [0.5, 0.6) is 0 Å². The van der Waals surface area contributed by atoms with Crippen molar-refractivity contribution in [2.45, 2.75) is 199 Å². The Morgan fingerprint density at radius 1 is 0.356 bits per heavy atom. The van der Waals surface area contributed by atoms with Gasteiger partial charge in [0.25, 0.3) is 0 Å². The van der Waals surface area contributed by atoms with Crippen molar-refractivity contribution in [2.75, 3.05) is 6.26 Å². The quantitative estimate of drug-likeness (QED) is 0.0945. The zero-order chi connectivity index (χ0) is 69.5. The summed E-state index contributed by atoms with van der Waals surface area (Å²) in [5.41, 5.74) is 1.77. The van der Waals surface area contributed by atoms with E-state index >= 15 is 0 Å². The van der Waals surface area contributed by atoms with Gasteiger partial charge in [0.1, 0.15) is 34.5 Å². The highest BCUT2D eigenvalue weighted by molar-refractivity contribution is 7.90. The first kappa shape index (κ1) is 84.3. The first-order valence-electron chi connectivity index (χ1n) is 29.0. The number of Topliss-reactive ketones (excluding diaryl/α,β-unsaturated/α-hetero) is 11. The monoisotopic (exact) mass is 1220 g/mol. The second kappa shape index (κ2) is 35.2. The lowest BCUT2D eigenvalue weighted by Gasteiger charge is -2.19. The molecule has 2 aromatic heterocycles. The van der Waals surface area contributed by atoms with Gasteiger partial charge in [0, 0.05) is 97.7 Å². The highest BCUT2D eigenvalue weighted by Crippen LogP contribution is 2.25. The van der Waals surface area contributed by atoms with Crippen molar-refractivity contribution in [1.82, 2.24) is 9.97 Å². The van der Waals surface area contributed by atoms with E-state index in [0.29, 0.717) is 45.0 Å². The van der Waals surface area contributed by atoms with Crippen LogP contribution in [0.15, 0.2) is 90.1 Å². The largest absolute Gasteiger partial charge is 0.299 e. The van der Waals surface area contributed by atoms with Crippen LogP contribution in [-0.4, -0.2) is 88.3 Å². The van der Waals surface area contributed by atoms with E-state index in [9.17, 15) is 61.2 Å². The van der Waals surface area contributed by atoms with Gasteiger partial charge in [-0.05, 0) is 71.0 Å². The molecular formula is C71H104N2O13S. The SMILES string of the molecule is CC(=O)C(C)(C)C.CC(=O)C(C)C(=O)C(C)(C)C.CC(=O)c1ccc(C(=O)C(C)(C)C)cc1.CC(=O)c1ccc(C(=O)C(C)(C)C)nc1.CC(=O)c1ccc(C(=O)C(C)C)cn1.CC(C)(C)C(=O)c1ccc(S(C)(=O)=O)cc1.CC(C)C(=O)C(C)(C)C. The van der Waals surface area contributed by atoms with Crippen LogP contribution in [0.3, 0.4) is 0 Å². The summed E-state index contributed by atoms with van der Waals surface area (Å²) in [6, 6.07) is 19.3. The number of pyridine rings is 2. The number of rotatable bonds is 12. The molecule has 0 aliphatic carbocycles. The topological polar surface area (TPSA) is 248 Å². The van der Waals surface area contributed by atoms with E-state index in [1.807, 2.05) is 152 Å². The fourth-order valence-corrected chi connectivity index (χ4v) is 7.11. The lowest BCUT2D eigenvalue weighted by molar-refractivity contribution is -0.136. The molecule has 0 spiro atoms. The summed E-state index contributed by atoms with van der Waals surface area (Å²) in [5.74, 6) is 0.246. The fraction of sp³-hybridized carbons (Fsp3) is 0.535. The van der Waals surface area contributed by atoms with Crippen LogP contribution < -0.4 is 0 Å². The first-order chi connectivity index (χ1) is 38.8. The van der Waals surface area contributed by atoms with Gasteiger partial charge in [-0.15, -0.1) is 0 Å². The van der Waals surface area contributed by atoms with Gasteiger partial charge in [-0.25, -0.2) is 8.42 Å². The number of hydrogen-bond donors (Lipinski definition) is 0.